The Morgan fingerprint density at radius 2 is 1.95 bits per heavy atom. The average Bonchev–Trinajstić information content (AvgIpc) is 2.87. The van der Waals surface area contributed by atoms with Gasteiger partial charge in [-0.3, -0.25) is 0 Å². The molecule has 1 aromatic carbocycles. The lowest BCUT2D eigenvalue weighted by molar-refractivity contribution is 0.217. The first-order valence-electron chi connectivity index (χ1n) is 6.57. The molecular formula is C13H17FN2O2S. The van der Waals surface area contributed by atoms with Crippen molar-refractivity contribution in [3.63, 3.8) is 0 Å². The van der Waals surface area contributed by atoms with Crippen molar-refractivity contribution in [2.45, 2.75) is 23.8 Å². The summed E-state index contributed by atoms with van der Waals surface area (Å²) < 4.78 is 39.7. The third kappa shape index (κ3) is 2.28. The van der Waals surface area contributed by atoms with Crippen molar-refractivity contribution in [3.05, 3.63) is 30.1 Å². The maximum absolute atomic E-state index is 12.9. The number of nitrogens with zero attached hydrogens (tertiary/aromatic N) is 1. The van der Waals surface area contributed by atoms with Crippen molar-refractivity contribution in [1.82, 2.24) is 9.62 Å². The Hall–Kier alpha value is -0.980. The predicted octanol–water partition coefficient (Wildman–Crippen LogP) is 1.20. The van der Waals surface area contributed by atoms with Gasteiger partial charge in [-0.25, -0.2) is 12.8 Å². The molecule has 2 aliphatic rings. The minimum atomic E-state index is -3.51. The van der Waals surface area contributed by atoms with Gasteiger partial charge in [-0.2, -0.15) is 4.31 Å². The highest BCUT2D eigenvalue weighted by atomic mass is 32.2. The third-order valence-electron chi connectivity index (χ3n) is 4.05. The van der Waals surface area contributed by atoms with Gasteiger partial charge in [-0.15, -0.1) is 0 Å². The zero-order chi connectivity index (χ0) is 13.5. The van der Waals surface area contributed by atoms with Crippen LogP contribution in [0.2, 0.25) is 0 Å². The molecule has 0 bridgehead atoms. The van der Waals surface area contributed by atoms with E-state index in [9.17, 15) is 12.8 Å². The van der Waals surface area contributed by atoms with Gasteiger partial charge in [0.25, 0.3) is 0 Å². The molecule has 3 rings (SSSR count). The van der Waals surface area contributed by atoms with E-state index in [2.05, 4.69) is 5.32 Å². The van der Waals surface area contributed by atoms with Crippen LogP contribution in [0.4, 0.5) is 4.39 Å². The van der Waals surface area contributed by atoms with Crippen molar-refractivity contribution in [3.8, 4) is 0 Å². The van der Waals surface area contributed by atoms with Gasteiger partial charge in [-0.05, 0) is 49.6 Å². The van der Waals surface area contributed by atoms with Crippen LogP contribution >= 0.6 is 0 Å². The summed E-state index contributed by atoms with van der Waals surface area (Å²) in [5, 5.41) is 3.26. The lowest BCUT2D eigenvalue weighted by atomic mass is 9.94. The van der Waals surface area contributed by atoms with Gasteiger partial charge in [0.1, 0.15) is 5.82 Å². The van der Waals surface area contributed by atoms with E-state index >= 15 is 0 Å². The molecule has 0 aromatic heterocycles. The van der Waals surface area contributed by atoms with Crippen molar-refractivity contribution in [2.24, 2.45) is 5.92 Å². The molecule has 2 atom stereocenters. The Bertz CT molecular complexity index is 559. The maximum Gasteiger partial charge on any atom is 0.243 e. The number of sulfonamides is 1. The van der Waals surface area contributed by atoms with Gasteiger partial charge in [0, 0.05) is 19.1 Å². The first kappa shape index (κ1) is 13.0. The summed E-state index contributed by atoms with van der Waals surface area (Å²) in [5.74, 6) is -0.0121. The van der Waals surface area contributed by atoms with E-state index in [0.29, 0.717) is 19.0 Å². The first-order valence-corrected chi connectivity index (χ1v) is 8.01. The molecule has 0 amide bonds. The van der Waals surface area contributed by atoms with Crippen LogP contribution in [0.3, 0.4) is 0 Å². The lowest BCUT2D eigenvalue weighted by Gasteiger charge is -2.35. The Morgan fingerprint density at radius 3 is 2.68 bits per heavy atom. The number of piperidine rings is 1. The van der Waals surface area contributed by atoms with Gasteiger partial charge in [0.2, 0.25) is 10.0 Å². The highest BCUT2D eigenvalue weighted by molar-refractivity contribution is 7.89. The molecule has 6 heteroatoms. The highest BCUT2D eigenvalue weighted by Crippen LogP contribution is 2.31. The largest absolute Gasteiger partial charge is 0.315 e. The second-order valence-corrected chi connectivity index (χ2v) is 7.09. The average molecular weight is 284 g/mol. The van der Waals surface area contributed by atoms with Gasteiger partial charge in [0.15, 0.2) is 0 Å². The molecular weight excluding hydrogens is 267 g/mol. The van der Waals surface area contributed by atoms with Crippen LogP contribution < -0.4 is 5.32 Å². The molecule has 4 nitrogen and oxygen atoms in total. The van der Waals surface area contributed by atoms with Crippen LogP contribution in [0.15, 0.2) is 29.2 Å². The van der Waals surface area contributed by atoms with Crippen molar-refractivity contribution < 1.29 is 12.8 Å². The van der Waals surface area contributed by atoms with Crippen molar-refractivity contribution in [2.75, 3.05) is 19.6 Å². The smallest absolute Gasteiger partial charge is 0.243 e. The zero-order valence-corrected chi connectivity index (χ0v) is 11.4. The molecule has 1 aromatic rings. The van der Waals surface area contributed by atoms with Crippen molar-refractivity contribution in [1.29, 1.82) is 0 Å². The summed E-state index contributed by atoms with van der Waals surface area (Å²) in [6.07, 6.45) is 1.97. The number of nitrogens with one attached hydrogen (secondary N) is 1. The van der Waals surface area contributed by atoms with Crippen LogP contribution in [-0.4, -0.2) is 38.4 Å². The van der Waals surface area contributed by atoms with E-state index < -0.39 is 15.8 Å². The number of fused-ring (bicyclic) bond motifs is 1. The molecule has 0 saturated carbocycles. The van der Waals surface area contributed by atoms with Gasteiger partial charge >= 0.3 is 0 Å². The van der Waals surface area contributed by atoms with Crippen LogP contribution in [0.25, 0.3) is 0 Å². The zero-order valence-electron chi connectivity index (χ0n) is 10.5. The van der Waals surface area contributed by atoms with E-state index in [1.54, 1.807) is 4.31 Å². The molecule has 0 spiro atoms. The molecule has 2 saturated heterocycles. The van der Waals surface area contributed by atoms with E-state index in [1.807, 2.05) is 0 Å². The number of hydrogen-bond donors (Lipinski definition) is 1. The van der Waals surface area contributed by atoms with Gasteiger partial charge in [0.05, 0.1) is 4.90 Å². The van der Waals surface area contributed by atoms with Crippen LogP contribution in [0.5, 0.6) is 0 Å². The summed E-state index contributed by atoms with van der Waals surface area (Å²) in [6, 6.07) is 5.12. The summed E-state index contributed by atoms with van der Waals surface area (Å²) in [5.41, 5.74) is 0. The van der Waals surface area contributed by atoms with Crippen LogP contribution in [-0.2, 0) is 10.0 Å². The Kier molecular flexibility index (Phi) is 3.32. The molecule has 2 heterocycles. The number of hydrogen-bond acceptors (Lipinski definition) is 3. The second-order valence-electron chi connectivity index (χ2n) is 5.20. The summed E-state index contributed by atoms with van der Waals surface area (Å²) in [4.78, 5) is 0.182. The summed E-state index contributed by atoms with van der Waals surface area (Å²) >= 11 is 0. The fraction of sp³-hybridized carbons (Fsp3) is 0.538. The number of halogens is 1. The topological polar surface area (TPSA) is 49.4 Å². The SMILES string of the molecule is O=S(=O)(c1ccc(F)cc1)N1CCCC2CNCC21. The molecule has 104 valence electrons. The lowest BCUT2D eigenvalue weighted by Crippen LogP contribution is -2.48. The van der Waals surface area contributed by atoms with Gasteiger partial charge in [-0.1, -0.05) is 0 Å². The first-order chi connectivity index (χ1) is 9.09. The molecule has 1 N–H and O–H groups in total. The normalized spacial score (nSPS) is 28.3. The van der Waals surface area contributed by atoms with Crippen LogP contribution in [0, 0.1) is 11.7 Å². The fourth-order valence-electron chi connectivity index (χ4n) is 3.07. The quantitative estimate of drug-likeness (QED) is 0.888. The van der Waals surface area contributed by atoms with E-state index in [4.69, 9.17) is 0 Å². The molecule has 2 fully saturated rings. The fourth-order valence-corrected chi connectivity index (χ4v) is 4.79. The Balaban J connectivity index is 1.93. The predicted molar refractivity (Wildman–Crippen MR) is 69.7 cm³/mol. The van der Waals surface area contributed by atoms with Gasteiger partial charge < -0.3 is 5.32 Å². The molecule has 0 aliphatic carbocycles. The highest BCUT2D eigenvalue weighted by Gasteiger charge is 2.41. The Morgan fingerprint density at radius 1 is 1.21 bits per heavy atom. The molecule has 19 heavy (non-hydrogen) atoms. The minimum Gasteiger partial charge on any atom is -0.315 e. The Labute approximate surface area is 112 Å². The number of rotatable bonds is 2. The third-order valence-corrected chi connectivity index (χ3v) is 5.99. The van der Waals surface area contributed by atoms with E-state index in [-0.39, 0.29) is 10.9 Å². The maximum atomic E-state index is 12.9. The summed E-state index contributed by atoms with van der Waals surface area (Å²) in [6.45, 7) is 2.16. The monoisotopic (exact) mass is 284 g/mol. The van der Waals surface area contributed by atoms with E-state index in [1.165, 1.54) is 24.3 Å². The second kappa shape index (κ2) is 4.85. The minimum absolute atomic E-state index is 0.0452. The number of benzene rings is 1. The summed E-state index contributed by atoms with van der Waals surface area (Å²) in [7, 11) is -3.51. The molecule has 0 radical (unpaired) electrons. The van der Waals surface area contributed by atoms with E-state index in [0.717, 1.165) is 19.4 Å². The van der Waals surface area contributed by atoms with Crippen molar-refractivity contribution >= 4 is 10.0 Å². The standard InChI is InChI=1S/C13H17FN2O2S/c14-11-3-5-12(6-4-11)19(17,18)16-7-1-2-10-8-15-9-13(10)16/h3-6,10,13,15H,1-2,7-9H2. The molecule has 2 aliphatic heterocycles. The van der Waals surface area contributed by atoms with Crippen LogP contribution in [0.1, 0.15) is 12.8 Å². The molecule has 2 unspecified atom stereocenters.